The molecular formula is C17H16ClFO. The molecule has 1 fully saturated rings. The molecular weight excluding hydrogens is 275 g/mol. The predicted octanol–water partition coefficient (Wildman–Crippen LogP) is 4.63. The summed E-state index contributed by atoms with van der Waals surface area (Å²) in [6.45, 7) is 0. The summed E-state index contributed by atoms with van der Waals surface area (Å²) in [6.07, 6.45) is 1.98. The van der Waals surface area contributed by atoms with E-state index >= 15 is 0 Å². The molecule has 0 spiro atoms. The zero-order chi connectivity index (χ0) is 14.1. The molecule has 0 radical (unpaired) electrons. The van der Waals surface area contributed by atoms with Gasteiger partial charge in [0, 0.05) is 6.42 Å². The highest BCUT2D eigenvalue weighted by Crippen LogP contribution is 2.40. The van der Waals surface area contributed by atoms with Crippen LogP contribution in [0.5, 0.6) is 0 Å². The van der Waals surface area contributed by atoms with Gasteiger partial charge in [0.2, 0.25) is 0 Å². The summed E-state index contributed by atoms with van der Waals surface area (Å²) < 4.78 is 13.9. The van der Waals surface area contributed by atoms with Crippen molar-refractivity contribution in [2.45, 2.75) is 31.3 Å². The molecule has 1 aliphatic carbocycles. The van der Waals surface area contributed by atoms with E-state index < -0.39 is 11.9 Å². The van der Waals surface area contributed by atoms with Gasteiger partial charge in [0.25, 0.3) is 0 Å². The van der Waals surface area contributed by atoms with Crippen LogP contribution >= 0.6 is 11.6 Å². The van der Waals surface area contributed by atoms with Crippen LogP contribution < -0.4 is 0 Å². The van der Waals surface area contributed by atoms with Crippen LogP contribution in [-0.2, 0) is 6.42 Å². The number of aliphatic hydroxyl groups is 1. The Morgan fingerprint density at radius 1 is 1.20 bits per heavy atom. The molecule has 0 aliphatic heterocycles. The molecule has 2 aromatic rings. The third-order valence-corrected chi connectivity index (χ3v) is 4.08. The second kappa shape index (κ2) is 5.55. The van der Waals surface area contributed by atoms with Crippen LogP contribution in [0.4, 0.5) is 4.39 Å². The van der Waals surface area contributed by atoms with Crippen molar-refractivity contribution < 1.29 is 9.50 Å². The first-order chi connectivity index (χ1) is 9.65. The Kier molecular flexibility index (Phi) is 3.77. The SMILES string of the molecule is OC(Cc1cccc(Cl)c1F)c1cccc(C2CC2)c1. The van der Waals surface area contributed by atoms with Gasteiger partial charge in [-0.15, -0.1) is 0 Å². The summed E-state index contributed by atoms with van der Waals surface area (Å²) in [5.74, 6) is 0.205. The average molecular weight is 291 g/mol. The Morgan fingerprint density at radius 3 is 2.70 bits per heavy atom. The molecule has 1 unspecified atom stereocenters. The van der Waals surface area contributed by atoms with Crippen molar-refractivity contribution in [3.8, 4) is 0 Å². The Hall–Kier alpha value is -1.38. The monoisotopic (exact) mass is 290 g/mol. The van der Waals surface area contributed by atoms with Crippen LogP contribution in [0.1, 0.15) is 41.6 Å². The van der Waals surface area contributed by atoms with Crippen LogP contribution in [-0.4, -0.2) is 5.11 Å². The van der Waals surface area contributed by atoms with Gasteiger partial charge < -0.3 is 5.11 Å². The lowest BCUT2D eigenvalue weighted by Gasteiger charge is -2.13. The molecule has 3 rings (SSSR count). The van der Waals surface area contributed by atoms with Gasteiger partial charge in [-0.1, -0.05) is 48.0 Å². The van der Waals surface area contributed by atoms with E-state index in [1.165, 1.54) is 24.5 Å². The number of benzene rings is 2. The van der Waals surface area contributed by atoms with Gasteiger partial charge in [0.15, 0.2) is 0 Å². The van der Waals surface area contributed by atoms with Crippen LogP contribution in [0.2, 0.25) is 5.02 Å². The Labute approximate surface area is 123 Å². The molecule has 3 heteroatoms. The number of hydrogen-bond donors (Lipinski definition) is 1. The van der Waals surface area contributed by atoms with E-state index in [-0.39, 0.29) is 11.4 Å². The molecule has 0 saturated heterocycles. The van der Waals surface area contributed by atoms with Gasteiger partial charge in [-0.25, -0.2) is 4.39 Å². The van der Waals surface area contributed by atoms with Crippen LogP contribution in [0.15, 0.2) is 42.5 Å². The number of halogens is 2. The number of rotatable bonds is 4. The summed E-state index contributed by atoms with van der Waals surface area (Å²) >= 11 is 5.76. The van der Waals surface area contributed by atoms with E-state index in [1.807, 2.05) is 18.2 Å². The summed E-state index contributed by atoms with van der Waals surface area (Å²) in [5, 5.41) is 10.4. The smallest absolute Gasteiger partial charge is 0.145 e. The van der Waals surface area contributed by atoms with Crippen molar-refractivity contribution in [2.24, 2.45) is 0 Å². The van der Waals surface area contributed by atoms with E-state index in [0.717, 1.165) is 5.56 Å². The second-order valence-electron chi connectivity index (χ2n) is 5.38. The van der Waals surface area contributed by atoms with E-state index in [1.54, 1.807) is 12.1 Å². The molecule has 20 heavy (non-hydrogen) atoms. The van der Waals surface area contributed by atoms with Crippen molar-refractivity contribution in [1.29, 1.82) is 0 Å². The highest BCUT2D eigenvalue weighted by molar-refractivity contribution is 6.30. The summed E-state index contributed by atoms with van der Waals surface area (Å²) in [5.41, 5.74) is 2.56. The summed E-state index contributed by atoms with van der Waals surface area (Å²) in [7, 11) is 0. The maximum Gasteiger partial charge on any atom is 0.145 e. The lowest BCUT2D eigenvalue weighted by atomic mass is 9.98. The zero-order valence-electron chi connectivity index (χ0n) is 11.0. The first-order valence-electron chi connectivity index (χ1n) is 6.86. The van der Waals surface area contributed by atoms with Gasteiger partial charge in [-0.05, 0) is 41.5 Å². The largest absolute Gasteiger partial charge is 0.388 e. The maximum absolute atomic E-state index is 13.9. The van der Waals surface area contributed by atoms with Gasteiger partial charge in [0.1, 0.15) is 5.82 Å². The van der Waals surface area contributed by atoms with Gasteiger partial charge in [0.05, 0.1) is 11.1 Å². The Bertz CT molecular complexity index is 622. The number of hydrogen-bond acceptors (Lipinski definition) is 1. The fraction of sp³-hybridized carbons (Fsp3) is 0.294. The van der Waals surface area contributed by atoms with Gasteiger partial charge in [-0.2, -0.15) is 0 Å². The highest BCUT2D eigenvalue weighted by atomic mass is 35.5. The molecule has 0 bridgehead atoms. The molecule has 2 aromatic carbocycles. The molecule has 0 aromatic heterocycles. The Balaban J connectivity index is 1.80. The van der Waals surface area contributed by atoms with Crippen molar-refractivity contribution in [3.05, 3.63) is 70.0 Å². The minimum atomic E-state index is -0.707. The second-order valence-corrected chi connectivity index (χ2v) is 5.78. The zero-order valence-corrected chi connectivity index (χ0v) is 11.8. The molecule has 1 saturated carbocycles. The minimum absolute atomic E-state index is 0.0985. The van der Waals surface area contributed by atoms with Crippen LogP contribution in [0, 0.1) is 5.82 Å². The van der Waals surface area contributed by atoms with E-state index in [0.29, 0.717) is 11.5 Å². The molecule has 0 heterocycles. The Morgan fingerprint density at radius 2 is 1.95 bits per heavy atom. The predicted molar refractivity (Wildman–Crippen MR) is 78.5 cm³/mol. The fourth-order valence-corrected chi connectivity index (χ4v) is 2.66. The van der Waals surface area contributed by atoms with Crippen molar-refractivity contribution in [3.63, 3.8) is 0 Å². The highest BCUT2D eigenvalue weighted by Gasteiger charge is 2.24. The third kappa shape index (κ3) is 2.87. The standard InChI is InChI=1S/C17H16ClFO/c18-15-6-2-5-14(17(15)19)10-16(20)13-4-1-3-12(9-13)11-7-8-11/h1-6,9,11,16,20H,7-8,10H2. The van der Waals surface area contributed by atoms with Crippen LogP contribution in [0.25, 0.3) is 0 Å². The van der Waals surface area contributed by atoms with Crippen LogP contribution in [0.3, 0.4) is 0 Å². The lowest BCUT2D eigenvalue weighted by molar-refractivity contribution is 0.177. The fourth-order valence-electron chi connectivity index (χ4n) is 2.47. The van der Waals surface area contributed by atoms with Crippen molar-refractivity contribution in [1.82, 2.24) is 0 Å². The molecule has 0 amide bonds. The van der Waals surface area contributed by atoms with Gasteiger partial charge in [-0.3, -0.25) is 0 Å². The van der Waals surface area contributed by atoms with Crippen molar-refractivity contribution in [2.75, 3.05) is 0 Å². The summed E-state index contributed by atoms with van der Waals surface area (Å²) in [6, 6.07) is 12.8. The topological polar surface area (TPSA) is 20.2 Å². The minimum Gasteiger partial charge on any atom is -0.388 e. The molecule has 1 atom stereocenters. The quantitative estimate of drug-likeness (QED) is 0.870. The molecule has 104 valence electrons. The first-order valence-corrected chi connectivity index (χ1v) is 7.24. The normalized spacial score (nSPS) is 16.1. The molecule has 1 aliphatic rings. The first kappa shape index (κ1) is 13.6. The third-order valence-electron chi connectivity index (χ3n) is 3.79. The average Bonchev–Trinajstić information content (AvgIpc) is 3.28. The van der Waals surface area contributed by atoms with E-state index in [4.69, 9.17) is 11.6 Å². The van der Waals surface area contributed by atoms with Crippen molar-refractivity contribution >= 4 is 11.6 Å². The van der Waals surface area contributed by atoms with Gasteiger partial charge >= 0.3 is 0 Å². The summed E-state index contributed by atoms with van der Waals surface area (Å²) in [4.78, 5) is 0. The number of aliphatic hydroxyl groups excluding tert-OH is 1. The van der Waals surface area contributed by atoms with E-state index in [2.05, 4.69) is 6.07 Å². The van der Waals surface area contributed by atoms with E-state index in [9.17, 15) is 9.50 Å². The molecule has 1 N–H and O–H groups in total. The lowest BCUT2D eigenvalue weighted by Crippen LogP contribution is -2.04. The maximum atomic E-state index is 13.9. The molecule has 1 nitrogen and oxygen atoms in total.